The Morgan fingerprint density at radius 2 is 1.25 bits per heavy atom. The predicted octanol–water partition coefficient (Wildman–Crippen LogP) is 4.73. The van der Waals surface area contributed by atoms with Gasteiger partial charge in [0.25, 0.3) is 0 Å². The average molecular weight is 371 g/mol. The van der Waals surface area contributed by atoms with Crippen molar-refractivity contribution in [3.8, 4) is 5.75 Å². The monoisotopic (exact) mass is 370 g/mol. The van der Waals surface area contributed by atoms with Gasteiger partial charge in [-0.25, -0.2) is 4.99 Å². The van der Waals surface area contributed by atoms with E-state index in [1.165, 1.54) is 16.7 Å². The van der Waals surface area contributed by atoms with Crippen molar-refractivity contribution in [1.82, 2.24) is 0 Å². The zero-order chi connectivity index (χ0) is 19.8. The van der Waals surface area contributed by atoms with E-state index in [4.69, 9.17) is 4.74 Å². The van der Waals surface area contributed by atoms with E-state index in [9.17, 15) is 0 Å². The van der Waals surface area contributed by atoms with E-state index < -0.39 is 0 Å². The largest absolute Gasteiger partial charge is 0.489 e. The summed E-state index contributed by atoms with van der Waals surface area (Å²) in [6.45, 7) is 7.04. The quantitative estimate of drug-likeness (QED) is 0.492. The Balaban J connectivity index is 1.56. The van der Waals surface area contributed by atoms with Gasteiger partial charge in [0, 0.05) is 5.56 Å². The van der Waals surface area contributed by atoms with Crippen LogP contribution in [0.25, 0.3) is 12.2 Å². The van der Waals surface area contributed by atoms with Gasteiger partial charge < -0.3 is 4.74 Å². The zero-order valence-electron chi connectivity index (χ0n) is 16.9. The first-order valence-electron chi connectivity index (χ1n) is 9.64. The third-order valence-electron chi connectivity index (χ3n) is 4.20. The number of ether oxygens (including phenoxy) is 1. The van der Waals surface area contributed by atoms with Gasteiger partial charge >= 0.3 is 0 Å². The SMILES string of the molecule is CC(C)(C)[NH+]=Cc1ccc(/C=C/c2ccc(OCc3ccccc3)cc2)cc1. The standard InChI is InChI=1S/C26H27NO/c1-26(2,3)27-19-23-13-11-21(12-14-23)9-10-22-15-17-25(18-16-22)28-20-24-7-5-4-6-8-24/h4-19H,20H2,1-3H3/p+1/b10-9+,27-19?. The molecule has 0 bridgehead atoms. The van der Waals surface area contributed by atoms with Crippen molar-refractivity contribution >= 4 is 18.4 Å². The van der Waals surface area contributed by atoms with Crippen molar-refractivity contribution in [1.29, 1.82) is 0 Å². The van der Waals surface area contributed by atoms with Crippen LogP contribution in [0.2, 0.25) is 0 Å². The third-order valence-corrected chi connectivity index (χ3v) is 4.20. The summed E-state index contributed by atoms with van der Waals surface area (Å²) in [5, 5.41) is 0. The van der Waals surface area contributed by atoms with Gasteiger partial charge in [-0.3, -0.25) is 0 Å². The summed E-state index contributed by atoms with van der Waals surface area (Å²) in [5.41, 5.74) is 4.75. The molecule has 2 heteroatoms. The number of benzene rings is 3. The van der Waals surface area contributed by atoms with Crippen LogP contribution < -0.4 is 9.73 Å². The molecular formula is C26H28NO+. The number of nitrogens with one attached hydrogen (secondary N) is 1. The maximum Gasteiger partial charge on any atom is 0.169 e. The second kappa shape index (κ2) is 9.18. The Morgan fingerprint density at radius 1 is 0.714 bits per heavy atom. The maximum atomic E-state index is 5.84. The Kier molecular flexibility index (Phi) is 6.44. The van der Waals surface area contributed by atoms with Gasteiger partial charge in [-0.2, -0.15) is 0 Å². The van der Waals surface area contributed by atoms with Crippen molar-refractivity contribution < 1.29 is 9.73 Å². The van der Waals surface area contributed by atoms with E-state index in [0.717, 1.165) is 11.3 Å². The molecule has 0 aliphatic carbocycles. The van der Waals surface area contributed by atoms with Crippen molar-refractivity contribution in [3.63, 3.8) is 0 Å². The van der Waals surface area contributed by atoms with Crippen LogP contribution in [0.3, 0.4) is 0 Å². The summed E-state index contributed by atoms with van der Waals surface area (Å²) in [6.07, 6.45) is 6.30. The molecular weight excluding hydrogens is 342 g/mol. The fourth-order valence-electron chi connectivity index (χ4n) is 2.61. The van der Waals surface area contributed by atoms with Crippen molar-refractivity contribution in [2.45, 2.75) is 32.9 Å². The molecule has 0 aliphatic rings. The molecule has 0 amide bonds. The number of rotatable bonds is 6. The van der Waals surface area contributed by atoms with Crippen LogP contribution in [0.4, 0.5) is 0 Å². The molecule has 142 valence electrons. The normalized spacial score (nSPS) is 12.0. The van der Waals surface area contributed by atoms with Gasteiger partial charge in [0.15, 0.2) is 11.8 Å². The molecule has 0 heterocycles. The summed E-state index contributed by atoms with van der Waals surface area (Å²) >= 11 is 0. The van der Waals surface area contributed by atoms with Crippen LogP contribution in [0.1, 0.15) is 43.0 Å². The summed E-state index contributed by atoms with van der Waals surface area (Å²) in [5.74, 6) is 0.882. The van der Waals surface area contributed by atoms with Crippen LogP contribution in [-0.2, 0) is 6.61 Å². The molecule has 0 saturated heterocycles. The summed E-state index contributed by atoms with van der Waals surface area (Å²) in [4.78, 5) is 3.39. The van der Waals surface area contributed by atoms with Crippen LogP contribution in [0.15, 0.2) is 78.9 Å². The molecule has 3 aromatic carbocycles. The molecule has 0 aromatic heterocycles. The molecule has 3 aromatic rings. The Bertz CT molecular complexity index is 915. The highest BCUT2D eigenvalue weighted by Gasteiger charge is 2.11. The van der Waals surface area contributed by atoms with E-state index in [2.05, 4.69) is 92.7 Å². The molecule has 0 fully saturated rings. The average Bonchev–Trinajstić information content (AvgIpc) is 2.71. The molecule has 0 spiro atoms. The lowest BCUT2D eigenvalue weighted by Crippen LogP contribution is -2.81. The van der Waals surface area contributed by atoms with Crippen LogP contribution in [0.5, 0.6) is 5.75 Å². The Labute approximate surface area is 168 Å². The first kappa shape index (κ1) is 19.6. The zero-order valence-corrected chi connectivity index (χ0v) is 16.9. The molecule has 0 aliphatic heterocycles. The minimum absolute atomic E-state index is 0.0789. The van der Waals surface area contributed by atoms with E-state index in [1.807, 2.05) is 30.3 Å². The molecule has 0 saturated carbocycles. The molecule has 3 rings (SSSR count). The second-order valence-electron chi connectivity index (χ2n) is 7.88. The maximum absolute atomic E-state index is 5.84. The molecule has 1 N–H and O–H groups in total. The predicted molar refractivity (Wildman–Crippen MR) is 118 cm³/mol. The van der Waals surface area contributed by atoms with Gasteiger partial charge in [-0.05, 0) is 61.7 Å². The molecule has 2 nitrogen and oxygen atoms in total. The van der Waals surface area contributed by atoms with Crippen LogP contribution in [-0.4, -0.2) is 11.8 Å². The lowest BCUT2D eigenvalue weighted by Gasteiger charge is -2.06. The minimum atomic E-state index is 0.0789. The second-order valence-corrected chi connectivity index (χ2v) is 7.88. The van der Waals surface area contributed by atoms with E-state index in [0.29, 0.717) is 6.61 Å². The minimum Gasteiger partial charge on any atom is -0.489 e. The molecule has 0 unspecified atom stereocenters. The topological polar surface area (TPSA) is 23.2 Å². The van der Waals surface area contributed by atoms with E-state index in [-0.39, 0.29) is 5.54 Å². The first-order valence-corrected chi connectivity index (χ1v) is 9.64. The Hall–Kier alpha value is -3.13. The Morgan fingerprint density at radius 3 is 1.82 bits per heavy atom. The molecule has 0 radical (unpaired) electrons. The lowest BCUT2D eigenvalue weighted by molar-refractivity contribution is -0.533. The highest BCUT2D eigenvalue weighted by Crippen LogP contribution is 2.16. The fourth-order valence-corrected chi connectivity index (χ4v) is 2.61. The highest BCUT2D eigenvalue weighted by atomic mass is 16.5. The van der Waals surface area contributed by atoms with Crippen LogP contribution >= 0.6 is 0 Å². The molecule has 28 heavy (non-hydrogen) atoms. The van der Waals surface area contributed by atoms with Gasteiger partial charge in [0.2, 0.25) is 0 Å². The van der Waals surface area contributed by atoms with Crippen molar-refractivity contribution in [3.05, 3.63) is 101 Å². The summed E-state index contributed by atoms with van der Waals surface area (Å²) in [7, 11) is 0. The summed E-state index contributed by atoms with van der Waals surface area (Å²) in [6, 6.07) is 26.9. The van der Waals surface area contributed by atoms with Gasteiger partial charge in [-0.1, -0.05) is 66.7 Å². The number of hydrogen-bond donors (Lipinski definition) is 1. The van der Waals surface area contributed by atoms with Gasteiger partial charge in [0.1, 0.15) is 12.4 Å². The lowest BCUT2D eigenvalue weighted by atomic mass is 10.1. The highest BCUT2D eigenvalue weighted by molar-refractivity contribution is 5.77. The van der Waals surface area contributed by atoms with Crippen LogP contribution in [0, 0.1) is 0 Å². The molecule has 0 atom stereocenters. The van der Waals surface area contributed by atoms with Crippen molar-refractivity contribution in [2.75, 3.05) is 0 Å². The smallest absolute Gasteiger partial charge is 0.169 e. The van der Waals surface area contributed by atoms with Gasteiger partial charge in [-0.15, -0.1) is 0 Å². The van der Waals surface area contributed by atoms with E-state index in [1.54, 1.807) is 0 Å². The van der Waals surface area contributed by atoms with E-state index >= 15 is 0 Å². The van der Waals surface area contributed by atoms with Gasteiger partial charge in [0.05, 0.1) is 0 Å². The summed E-state index contributed by atoms with van der Waals surface area (Å²) < 4.78 is 5.84. The fraction of sp³-hybridized carbons (Fsp3) is 0.192. The van der Waals surface area contributed by atoms with Crippen molar-refractivity contribution in [2.24, 2.45) is 0 Å². The number of hydrogen-bond acceptors (Lipinski definition) is 1. The third kappa shape index (κ3) is 6.55. The first-order chi connectivity index (χ1) is 13.5.